The predicted molar refractivity (Wildman–Crippen MR) is 107 cm³/mol. The number of fused-ring (bicyclic) bond motifs is 2. The fourth-order valence-corrected chi connectivity index (χ4v) is 4.36. The Bertz CT molecular complexity index is 1010. The molecule has 5 heteroatoms. The smallest absolute Gasteiger partial charge is 0.231 e. The third-order valence-corrected chi connectivity index (χ3v) is 5.80. The molecule has 0 aliphatic carbocycles. The van der Waals surface area contributed by atoms with Crippen molar-refractivity contribution in [1.29, 1.82) is 0 Å². The summed E-state index contributed by atoms with van der Waals surface area (Å²) in [4.78, 5) is 2.34. The van der Waals surface area contributed by atoms with Crippen molar-refractivity contribution in [1.82, 2.24) is 4.90 Å². The summed E-state index contributed by atoms with van der Waals surface area (Å²) in [5, 5.41) is 23.0. The van der Waals surface area contributed by atoms with Gasteiger partial charge in [-0.1, -0.05) is 36.4 Å². The molecule has 1 saturated heterocycles. The lowest BCUT2D eigenvalue weighted by Gasteiger charge is -2.37. The molecule has 2 N–H and O–H groups in total. The van der Waals surface area contributed by atoms with Gasteiger partial charge in [0.15, 0.2) is 11.5 Å². The van der Waals surface area contributed by atoms with Gasteiger partial charge in [-0.15, -0.1) is 0 Å². The van der Waals surface area contributed by atoms with Crippen LogP contribution in [-0.4, -0.2) is 41.1 Å². The first-order valence-corrected chi connectivity index (χ1v) is 9.73. The zero-order valence-electron chi connectivity index (χ0n) is 15.5. The lowest BCUT2D eigenvalue weighted by molar-refractivity contribution is 0.0686. The predicted octanol–water partition coefficient (Wildman–Crippen LogP) is 3.82. The Hall–Kier alpha value is -2.76. The lowest BCUT2D eigenvalue weighted by atomic mass is 9.90. The highest BCUT2D eigenvalue weighted by Gasteiger charge is 2.31. The number of piperidine rings is 1. The molecule has 0 aromatic heterocycles. The van der Waals surface area contributed by atoms with E-state index in [1.165, 1.54) is 0 Å². The fraction of sp³-hybridized carbons (Fsp3) is 0.304. The van der Waals surface area contributed by atoms with Crippen molar-refractivity contribution in [3.05, 3.63) is 65.7 Å². The zero-order chi connectivity index (χ0) is 19.1. The molecule has 3 aromatic rings. The van der Waals surface area contributed by atoms with E-state index in [0.29, 0.717) is 0 Å². The second-order valence-corrected chi connectivity index (χ2v) is 7.50. The Balaban J connectivity index is 1.68. The van der Waals surface area contributed by atoms with Crippen molar-refractivity contribution in [3.8, 4) is 17.2 Å². The molecule has 2 aliphatic rings. The number of hydrogen-bond acceptors (Lipinski definition) is 5. The summed E-state index contributed by atoms with van der Waals surface area (Å²) in [6.07, 6.45) is 1.20. The molecule has 0 bridgehead atoms. The van der Waals surface area contributed by atoms with Crippen molar-refractivity contribution in [2.45, 2.75) is 25.0 Å². The van der Waals surface area contributed by atoms with Gasteiger partial charge in [-0.2, -0.15) is 0 Å². The molecule has 0 spiro atoms. The molecule has 1 unspecified atom stereocenters. The van der Waals surface area contributed by atoms with Crippen LogP contribution in [0.4, 0.5) is 0 Å². The topological polar surface area (TPSA) is 62.2 Å². The Morgan fingerprint density at radius 2 is 1.71 bits per heavy atom. The van der Waals surface area contributed by atoms with Gasteiger partial charge in [0.2, 0.25) is 6.79 Å². The van der Waals surface area contributed by atoms with Gasteiger partial charge in [-0.25, -0.2) is 0 Å². The maximum Gasteiger partial charge on any atom is 0.231 e. The van der Waals surface area contributed by atoms with E-state index in [1.54, 1.807) is 6.07 Å². The van der Waals surface area contributed by atoms with E-state index in [1.807, 2.05) is 36.4 Å². The molecule has 5 rings (SSSR count). The van der Waals surface area contributed by atoms with E-state index in [4.69, 9.17) is 9.47 Å². The molecule has 28 heavy (non-hydrogen) atoms. The third kappa shape index (κ3) is 2.97. The van der Waals surface area contributed by atoms with Crippen LogP contribution in [0.25, 0.3) is 10.8 Å². The van der Waals surface area contributed by atoms with E-state index in [0.717, 1.165) is 59.3 Å². The van der Waals surface area contributed by atoms with Gasteiger partial charge in [0, 0.05) is 18.7 Å². The molecular weight excluding hydrogens is 354 g/mol. The van der Waals surface area contributed by atoms with Crippen molar-refractivity contribution in [2.75, 3.05) is 19.9 Å². The normalized spacial score (nSPS) is 18.5. The second-order valence-electron chi connectivity index (χ2n) is 7.50. The van der Waals surface area contributed by atoms with Gasteiger partial charge in [0.1, 0.15) is 5.75 Å². The maximum atomic E-state index is 10.9. The van der Waals surface area contributed by atoms with Crippen LogP contribution >= 0.6 is 0 Å². The van der Waals surface area contributed by atoms with Gasteiger partial charge in [0.05, 0.1) is 12.1 Å². The summed E-state index contributed by atoms with van der Waals surface area (Å²) in [5.74, 6) is 1.77. The van der Waals surface area contributed by atoms with E-state index >= 15 is 0 Å². The summed E-state index contributed by atoms with van der Waals surface area (Å²) >= 11 is 0. The van der Waals surface area contributed by atoms with E-state index in [9.17, 15) is 10.2 Å². The number of likely N-dealkylation sites (tertiary alicyclic amines) is 1. The number of ether oxygens (including phenoxy) is 2. The van der Waals surface area contributed by atoms with Gasteiger partial charge in [-0.05, 0) is 47.4 Å². The molecule has 0 amide bonds. The summed E-state index contributed by atoms with van der Waals surface area (Å²) < 4.78 is 11.1. The summed E-state index contributed by atoms with van der Waals surface area (Å²) in [6.45, 7) is 1.77. The van der Waals surface area contributed by atoms with Crippen LogP contribution in [0.15, 0.2) is 54.6 Å². The number of nitrogens with zero attached hydrogens (tertiary/aromatic N) is 1. The first-order valence-electron chi connectivity index (χ1n) is 9.73. The van der Waals surface area contributed by atoms with Crippen LogP contribution in [-0.2, 0) is 0 Å². The Kier molecular flexibility index (Phi) is 4.34. The molecule has 1 atom stereocenters. The van der Waals surface area contributed by atoms with Crippen LogP contribution in [0.5, 0.6) is 17.2 Å². The number of phenolic OH excluding ortho intramolecular Hbond substituents is 1. The van der Waals surface area contributed by atoms with Crippen molar-refractivity contribution in [2.24, 2.45) is 0 Å². The van der Waals surface area contributed by atoms with Gasteiger partial charge in [-0.3, -0.25) is 4.90 Å². The lowest BCUT2D eigenvalue weighted by Crippen LogP contribution is -2.39. The standard InChI is InChI=1S/C23H23NO4/c25-17-9-11-24(12-10-17)23(16-6-8-20-21(13-16)28-14-27-20)22-18-4-2-1-3-15(18)5-7-19(22)26/h1-8,13,17,23,25-26H,9-12,14H2. The average Bonchev–Trinajstić information content (AvgIpc) is 3.19. The fourth-order valence-electron chi connectivity index (χ4n) is 4.36. The number of hydrogen-bond donors (Lipinski definition) is 2. The number of phenols is 1. The maximum absolute atomic E-state index is 10.9. The Labute approximate surface area is 163 Å². The monoisotopic (exact) mass is 377 g/mol. The van der Waals surface area contributed by atoms with E-state index in [-0.39, 0.29) is 24.7 Å². The highest BCUT2D eigenvalue weighted by Crippen LogP contribution is 2.43. The molecule has 144 valence electrons. The number of benzene rings is 3. The van der Waals surface area contributed by atoms with Crippen LogP contribution in [0, 0.1) is 0 Å². The Morgan fingerprint density at radius 1 is 0.929 bits per heavy atom. The minimum atomic E-state index is -0.255. The Morgan fingerprint density at radius 3 is 2.57 bits per heavy atom. The summed E-state index contributed by atoms with van der Waals surface area (Å²) in [5.41, 5.74) is 1.95. The number of rotatable bonds is 3. The molecule has 5 nitrogen and oxygen atoms in total. The first kappa shape index (κ1) is 17.3. The highest BCUT2D eigenvalue weighted by atomic mass is 16.7. The van der Waals surface area contributed by atoms with Crippen molar-refractivity contribution < 1.29 is 19.7 Å². The average molecular weight is 377 g/mol. The second kappa shape index (κ2) is 7.00. The van der Waals surface area contributed by atoms with Gasteiger partial charge in [0.25, 0.3) is 0 Å². The minimum Gasteiger partial charge on any atom is -0.508 e. The molecule has 2 aliphatic heterocycles. The summed E-state index contributed by atoms with van der Waals surface area (Å²) in [7, 11) is 0. The number of aliphatic hydroxyl groups excluding tert-OH is 1. The summed E-state index contributed by atoms with van der Waals surface area (Å²) in [6, 6.07) is 17.7. The number of aliphatic hydroxyl groups is 1. The van der Waals surface area contributed by atoms with Gasteiger partial charge < -0.3 is 19.7 Å². The number of aromatic hydroxyl groups is 1. The molecule has 0 radical (unpaired) electrons. The van der Waals surface area contributed by atoms with Crippen LogP contribution in [0.3, 0.4) is 0 Å². The zero-order valence-corrected chi connectivity index (χ0v) is 15.5. The first-order chi connectivity index (χ1) is 13.7. The van der Waals surface area contributed by atoms with Crippen molar-refractivity contribution >= 4 is 10.8 Å². The van der Waals surface area contributed by atoms with Crippen LogP contribution < -0.4 is 9.47 Å². The minimum absolute atomic E-state index is 0.131. The molecular formula is C23H23NO4. The molecule has 2 heterocycles. The van der Waals surface area contributed by atoms with E-state index in [2.05, 4.69) is 17.0 Å². The molecule has 0 saturated carbocycles. The van der Waals surface area contributed by atoms with Crippen molar-refractivity contribution in [3.63, 3.8) is 0 Å². The quantitative estimate of drug-likeness (QED) is 0.727. The van der Waals surface area contributed by atoms with Crippen LogP contribution in [0.2, 0.25) is 0 Å². The van der Waals surface area contributed by atoms with Crippen LogP contribution in [0.1, 0.15) is 30.0 Å². The molecule has 1 fully saturated rings. The molecule has 3 aromatic carbocycles. The van der Waals surface area contributed by atoms with Gasteiger partial charge >= 0.3 is 0 Å². The van der Waals surface area contributed by atoms with E-state index < -0.39 is 0 Å². The SMILES string of the molecule is Oc1ccc2ccccc2c1C(c1ccc2c(c1)OCO2)N1CCC(O)CC1. The highest BCUT2D eigenvalue weighted by molar-refractivity contribution is 5.88. The third-order valence-electron chi connectivity index (χ3n) is 5.80. The largest absolute Gasteiger partial charge is 0.508 e.